The van der Waals surface area contributed by atoms with Crippen LogP contribution in [0.1, 0.15) is 0 Å². The molecule has 72 valence electrons. The van der Waals surface area contributed by atoms with Gasteiger partial charge in [-0.25, -0.2) is 0 Å². The van der Waals surface area contributed by atoms with E-state index in [0.717, 1.165) is 10.0 Å². The van der Waals surface area contributed by atoms with E-state index in [4.69, 9.17) is 21.9 Å². The molecule has 1 aromatic carbocycles. The fourth-order valence-corrected chi connectivity index (χ4v) is 1.53. The highest BCUT2D eigenvalue weighted by Gasteiger charge is 2.09. The minimum absolute atomic E-state index is 0.503. The zero-order valence-corrected chi connectivity index (χ0v) is 9.34. The van der Waals surface area contributed by atoms with E-state index in [-0.39, 0.29) is 0 Å². The molecule has 0 spiro atoms. The summed E-state index contributed by atoms with van der Waals surface area (Å²) in [6, 6.07) is 5.45. The molecule has 0 aliphatic heterocycles. The molecule has 0 aliphatic rings. The van der Waals surface area contributed by atoms with E-state index in [9.17, 15) is 0 Å². The van der Waals surface area contributed by atoms with Crippen molar-refractivity contribution in [3.05, 3.63) is 33.9 Å². The first-order valence-electron chi connectivity index (χ1n) is 3.84. The highest BCUT2D eigenvalue weighted by atomic mass is 79.9. The average Bonchev–Trinajstić information content (AvgIpc) is 2.57. The zero-order valence-electron chi connectivity index (χ0n) is 7.00. The van der Waals surface area contributed by atoms with E-state index in [1.165, 1.54) is 6.20 Å². The quantitative estimate of drug-likeness (QED) is 0.867. The van der Waals surface area contributed by atoms with Crippen LogP contribution in [0.3, 0.4) is 0 Å². The molecular weight excluding hydrogens is 267 g/mol. The average molecular weight is 274 g/mol. The Balaban J connectivity index is 2.53. The lowest BCUT2D eigenvalue weighted by atomic mass is 10.1. The molecule has 0 atom stereocenters. The minimum Gasteiger partial charge on any atom is -0.394 e. The molecule has 14 heavy (non-hydrogen) atoms. The predicted molar refractivity (Wildman–Crippen MR) is 59.1 cm³/mol. The fraction of sp³-hybridized carbons (Fsp3) is 0. The Morgan fingerprint density at radius 2 is 2.21 bits per heavy atom. The number of benzene rings is 1. The highest BCUT2D eigenvalue weighted by Crippen LogP contribution is 2.31. The molecule has 0 amide bonds. The van der Waals surface area contributed by atoms with Crippen LogP contribution in [0.2, 0.25) is 5.02 Å². The summed E-state index contributed by atoms with van der Waals surface area (Å²) in [5.74, 6) is 0.541. The first-order chi connectivity index (χ1) is 6.68. The van der Waals surface area contributed by atoms with Crippen LogP contribution in [0.5, 0.6) is 0 Å². The maximum Gasteiger partial charge on any atom is 0.189 e. The highest BCUT2D eigenvalue weighted by molar-refractivity contribution is 9.10. The van der Waals surface area contributed by atoms with Gasteiger partial charge >= 0.3 is 0 Å². The fourth-order valence-electron chi connectivity index (χ4n) is 1.10. The van der Waals surface area contributed by atoms with Gasteiger partial charge in [0.1, 0.15) is 5.69 Å². The van der Waals surface area contributed by atoms with Gasteiger partial charge in [0.15, 0.2) is 5.76 Å². The van der Waals surface area contributed by atoms with Crippen LogP contribution >= 0.6 is 27.5 Å². The Bertz CT molecular complexity index is 470. The van der Waals surface area contributed by atoms with Crippen LogP contribution in [0.15, 0.2) is 33.4 Å². The van der Waals surface area contributed by atoms with Crippen molar-refractivity contribution < 1.29 is 4.52 Å². The third-order valence-corrected chi connectivity index (χ3v) is 3.01. The Morgan fingerprint density at radius 1 is 1.43 bits per heavy atom. The molecule has 0 bridgehead atoms. The summed E-state index contributed by atoms with van der Waals surface area (Å²) in [5.41, 5.74) is 6.97. The van der Waals surface area contributed by atoms with E-state index in [2.05, 4.69) is 21.1 Å². The lowest BCUT2D eigenvalue weighted by molar-refractivity contribution is 0.432. The number of nitrogen functional groups attached to an aromatic ring is 1. The summed E-state index contributed by atoms with van der Waals surface area (Å²) >= 11 is 9.24. The third-order valence-electron chi connectivity index (χ3n) is 1.78. The molecule has 1 heterocycles. The largest absolute Gasteiger partial charge is 0.394 e. The monoisotopic (exact) mass is 272 g/mol. The summed E-state index contributed by atoms with van der Waals surface area (Å²) in [7, 11) is 0. The topological polar surface area (TPSA) is 52.0 Å². The molecule has 5 heteroatoms. The molecule has 2 aromatic rings. The van der Waals surface area contributed by atoms with Crippen molar-refractivity contribution in [3.8, 4) is 11.3 Å². The SMILES string of the molecule is Nc1cnoc1-c1ccc(Br)c(Cl)c1. The molecule has 0 radical (unpaired) electrons. The van der Waals surface area contributed by atoms with E-state index < -0.39 is 0 Å². The van der Waals surface area contributed by atoms with E-state index in [1.54, 1.807) is 6.07 Å². The smallest absolute Gasteiger partial charge is 0.189 e. The number of aromatic nitrogens is 1. The first-order valence-corrected chi connectivity index (χ1v) is 5.01. The number of nitrogens with zero attached hydrogens (tertiary/aromatic N) is 1. The molecule has 0 saturated heterocycles. The van der Waals surface area contributed by atoms with Crippen molar-refractivity contribution in [1.29, 1.82) is 0 Å². The van der Waals surface area contributed by atoms with Crippen LogP contribution in [0, 0.1) is 0 Å². The minimum atomic E-state index is 0.503. The second-order valence-corrected chi connectivity index (χ2v) is 4.00. The van der Waals surface area contributed by atoms with Crippen LogP contribution in [-0.4, -0.2) is 5.16 Å². The van der Waals surface area contributed by atoms with Crippen LogP contribution in [0.4, 0.5) is 5.69 Å². The van der Waals surface area contributed by atoms with Gasteiger partial charge in [-0.2, -0.15) is 0 Å². The van der Waals surface area contributed by atoms with Gasteiger partial charge < -0.3 is 10.3 Å². The summed E-state index contributed by atoms with van der Waals surface area (Å²) in [6.07, 6.45) is 1.46. The third kappa shape index (κ3) is 1.63. The van der Waals surface area contributed by atoms with E-state index >= 15 is 0 Å². The van der Waals surface area contributed by atoms with Crippen LogP contribution in [-0.2, 0) is 0 Å². The molecule has 0 fully saturated rings. The van der Waals surface area contributed by atoms with Crippen LogP contribution < -0.4 is 5.73 Å². The Hall–Kier alpha value is -1.000. The lowest BCUT2D eigenvalue weighted by Gasteiger charge is -1.99. The Kier molecular flexibility index (Phi) is 2.48. The van der Waals surface area contributed by atoms with E-state index in [0.29, 0.717) is 16.5 Å². The number of hydrogen-bond donors (Lipinski definition) is 1. The van der Waals surface area contributed by atoms with Gasteiger partial charge in [-0.15, -0.1) is 0 Å². The summed E-state index contributed by atoms with van der Waals surface area (Å²) in [6.45, 7) is 0. The van der Waals surface area contributed by atoms with Gasteiger partial charge in [-0.1, -0.05) is 16.8 Å². The van der Waals surface area contributed by atoms with Gasteiger partial charge in [0.05, 0.1) is 11.2 Å². The maximum atomic E-state index is 5.93. The summed E-state index contributed by atoms with van der Waals surface area (Å²) in [5, 5.41) is 4.20. The maximum absolute atomic E-state index is 5.93. The standard InChI is InChI=1S/C9H6BrClN2O/c10-6-2-1-5(3-7(6)11)9-8(12)4-13-14-9/h1-4H,12H2. The summed E-state index contributed by atoms with van der Waals surface area (Å²) in [4.78, 5) is 0. The van der Waals surface area contributed by atoms with E-state index in [1.807, 2.05) is 12.1 Å². The number of hydrogen-bond acceptors (Lipinski definition) is 3. The summed E-state index contributed by atoms with van der Waals surface area (Å²) < 4.78 is 5.83. The molecular formula is C9H6BrClN2O. The van der Waals surface area contributed by atoms with Gasteiger partial charge in [-0.3, -0.25) is 0 Å². The van der Waals surface area contributed by atoms with Gasteiger partial charge in [0.25, 0.3) is 0 Å². The molecule has 0 unspecified atom stereocenters. The second kappa shape index (κ2) is 3.63. The predicted octanol–water partition coefficient (Wildman–Crippen LogP) is 3.34. The number of anilines is 1. The normalized spacial score (nSPS) is 10.4. The van der Waals surface area contributed by atoms with Crippen LogP contribution in [0.25, 0.3) is 11.3 Å². The second-order valence-electron chi connectivity index (χ2n) is 2.74. The number of rotatable bonds is 1. The molecule has 2 N–H and O–H groups in total. The van der Waals surface area contributed by atoms with Crippen molar-refractivity contribution in [2.45, 2.75) is 0 Å². The lowest BCUT2D eigenvalue weighted by Crippen LogP contribution is -1.84. The van der Waals surface area contributed by atoms with Gasteiger partial charge in [0.2, 0.25) is 0 Å². The van der Waals surface area contributed by atoms with Crippen molar-refractivity contribution >= 4 is 33.2 Å². The molecule has 0 saturated carbocycles. The van der Waals surface area contributed by atoms with Crippen molar-refractivity contribution in [1.82, 2.24) is 5.16 Å². The molecule has 0 aliphatic carbocycles. The molecule has 1 aromatic heterocycles. The molecule has 3 nitrogen and oxygen atoms in total. The molecule has 2 rings (SSSR count). The zero-order chi connectivity index (χ0) is 10.1. The number of nitrogens with two attached hydrogens (primary N) is 1. The van der Waals surface area contributed by atoms with Gasteiger partial charge in [0, 0.05) is 10.0 Å². The van der Waals surface area contributed by atoms with Crippen molar-refractivity contribution in [2.75, 3.05) is 5.73 Å². The first kappa shape index (κ1) is 9.55. The van der Waals surface area contributed by atoms with Gasteiger partial charge in [-0.05, 0) is 34.1 Å². The Labute approximate surface area is 94.0 Å². The Morgan fingerprint density at radius 3 is 2.79 bits per heavy atom. The van der Waals surface area contributed by atoms with Crippen molar-refractivity contribution in [3.63, 3.8) is 0 Å². The van der Waals surface area contributed by atoms with Crippen molar-refractivity contribution in [2.24, 2.45) is 0 Å². The number of halogens is 2.